The van der Waals surface area contributed by atoms with Gasteiger partial charge in [-0.05, 0) is 17.7 Å². The lowest BCUT2D eigenvalue weighted by Gasteiger charge is -2.22. The lowest BCUT2D eigenvalue weighted by Crippen LogP contribution is -2.42. The van der Waals surface area contributed by atoms with E-state index in [4.69, 9.17) is 9.57 Å². The zero-order valence-corrected chi connectivity index (χ0v) is 9.35. The molecule has 1 aromatic carbocycles. The number of rotatable bonds is 5. The molecule has 0 bridgehead atoms. The van der Waals surface area contributed by atoms with Crippen LogP contribution in [0.15, 0.2) is 29.4 Å². The molecule has 4 nitrogen and oxygen atoms in total. The van der Waals surface area contributed by atoms with Gasteiger partial charge in [0.15, 0.2) is 0 Å². The Bertz CT molecular complexity index is 345. The van der Waals surface area contributed by atoms with Crippen LogP contribution in [0.2, 0.25) is 0 Å². The SMILES string of the molecule is COc1ccc(CON=CC2CNC2)cc1. The summed E-state index contributed by atoms with van der Waals surface area (Å²) in [7, 11) is 1.66. The Morgan fingerprint density at radius 1 is 1.38 bits per heavy atom. The van der Waals surface area contributed by atoms with Crippen LogP contribution in [0.4, 0.5) is 0 Å². The van der Waals surface area contributed by atoms with Crippen molar-refractivity contribution < 1.29 is 9.57 Å². The highest BCUT2D eigenvalue weighted by atomic mass is 16.6. The Labute approximate surface area is 95.2 Å². The molecule has 1 fully saturated rings. The van der Waals surface area contributed by atoms with E-state index in [0.717, 1.165) is 24.4 Å². The van der Waals surface area contributed by atoms with Crippen LogP contribution in [-0.4, -0.2) is 26.4 Å². The fourth-order valence-corrected chi connectivity index (χ4v) is 1.38. The van der Waals surface area contributed by atoms with Crippen LogP contribution in [0.1, 0.15) is 5.56 Å². The largest absolute Gasteiger partial charge is 0.497 e. The monoisotopic (exact) mass is 220 g/mol. The number of nitrogens with zero attached hydrogens (tertiary/aromatic N) is 1. The van der Waals surface area contributed by atoms with Crippen molar-refractivity contribution in [3.63, 3.8) is 0 Å². The molecule has 1 saturated heterocycles. The first kappa shape index (κ1) is 11.0. The second kappa shape index (κ2) is 5.51. The second-order valence-electron chi connectivity index (χ2n) is 3.79. The van der Waals surface area contributed by atoms with Crippen LogP contribution >= 0.6 is 0 Å². The molecular weight excluding hydrogens is 204 g/mol. The summed E-state index contributed by atoms with van der Waals surface area (Å²) in [6, 6.07) is 7.77. The minimum absolute atomic E-state index is 0.501. The predicted molar refractivity (Wildman–Crippen MR) is 62.6 cm³/mol. The van der Waals surface area contributed by atoms with Crippen molar-refractivity contribution in [1.82, 2.24) is 5.32 Å². The molecule has 4 heteroatoms. The van der Waals surface area contributed by atoms with Gasteiger partial charge in [-0.3, -0.25) is 0 Å². The van der Waals surface area contributed by atoms with Crippen molar-refractivity contribution in [3.8, 4) is 5.75 Å². The summed E-state index contributed by atoms with van der Waals surface area (Å²) in [5, 5.41) is 7.11. The number of methoxy groups -OCH3 is 1. The van der Waals surface area contributed by atoms with Gasteiger partial charge in [-0.25, -0.2) is 0 Å². The fourth-order valence-electron chi connectivity index (χ4n) is 1.38. The van der Waals surface area contributed by atoms with Crippen molar-refractivity contribution in [2.45, 2.75) is 6.61 Å². The van der Waals surface area contributed by atoms with Crippen LogP contribution in [-0.2, 0) is 11.4 Å². The Balaban J connectivity index is 1.73. The van der Waals surface area contributed by atoms with Crippen molar-refractivity contribution in [1.29, 1.82) is 0 Å². The van der Waals surface area contributed by atoms with E-state index in [1.54, 1.807) is 7.11 Å². The number of nitrogens with one attached hydrogen (secondary N) is 1. The number of benzene rings is 1. The minimum atomic E-state index is 0.501. The van der Waals surface area contributed by atoms with Gasteiger partial charge >= 0.3 is 0 Å². The van der Waals surface area contributed by atoms with E-state index >= 15 is 0 Å². The third kappa shape index (κ3) is 2.97. The van der Waals surface area contributed by atoms with E-state index in [1.807, 2.05) is 30.5 Å². The highest BCUT2D eigenvalue weighted by molar-refractivity contribution is 5.61. The maximum Gasteiger partial charge on any atom is 0.142 e. The molecule has 0 aromatic heterocycles. The zero-order chi connectivity index (χ0) is 11.2. The highest BCUT2D eigenvalue weighted by Gasteiger charge is 2.13. The summed E-state index contributed by atoms with van der Waals surface area (Å²) in [5.41, 5.74) is 1.09. The maximum atomic E-state index is 5.20. The standard InChI is InChI=1S/C12H16N2O2/c1-15-12-4-2-10(3-5-12)9-16-14-8-11-6-13-7-11/h2-5,8,11,13H,6-7,9H2,1H3. The number of ether oxygens (including phenoxy) is 1. The van der Waals surface area contributed by atoms with E-state index < -0.39 is 0 Å². The van der Waals surface area contributed by atoms with Crippen LogP contribution < -0.4 is 10.1 Å². The molecule has 0 saturated carbocycles. The molecule has 1 aliphatic rings. The highest BCUT2D eigenvalue weighted by Crippen LogP contribution is 2.11. The molecule has 1 aliphatic heterocycles. The summed E-state index contributed by atoms with van der Waals surface area (Å²) in [4.78, 5) is 5.20. The van der Waals surface area contributed by atoms with Gasteiger partial charge in [-0.15, -0.1) is 0 Å². The van der Waals surface area contributed by atoms with E-state index in [2.05, 4.69) is 10.5 Å². The fraction of sp³-hybridized carbons (Fsp3) is 0.417. The summed E-state index contributed by atoms with van der Waals surface area (Å²) < 4.78 is 5.07. The normalized spacial score (nSPS) is 16.1. The second-order valence-corrected chi connectivity index (χ2v) is 3.79. The molecule has 1 aromatic rings. The molecule has 1 heterocycles. The molecule has 0 amide bonds. The van der Waals surface area contributed by atoms with Gasteiger partial charge in [-0.2, -0.15) is 0 Å². The molecular formula is C12H16N2O2. The number of hydrogen-bond acceptors (Lipinski definition) is 4. The van der Waals surface area contributed by atoms with Crippen molar-refractivity contribution in [2.75, 3.05) is 20.2 Å². The molecule has 0 radical (unpaired) electrons. The molecule has 16 heavy (non-hydrogen) atoms. The summed E-state index contributed by atoms with van der Waals surface area (Å²) in [5.74, 6) is 1.39. The first-order chi connectivity index (χ1) is 7.88. The Kier molecular flexibility index (Phi) is 3.77. The predicted octanol–water partition coefficient (Wildman–Crippen LogP) is 1.42. The molecule has 0 atom stereocenters. The van der Waals surface area contributed by atoms with E-state index in [9.17, 15) is 0 Å². The van der Waals surface area contributed by atoms with Gasteiger partial charge in [0.25, 0.3) is 0 Å². The summed E-state index contributed by atoms with van der Waals surface area (Å²) in [6.07, 6.45) is 1.86. The van der Waals surface area contributed by atoms with Crippen LogP contribution in [0.3, 0.4) is 0 Å². The van der Waals surface area contributed by atoms with Crippen molar-refractivity contribution >= 4 is 6.21 Å². The summed E-state index contributed by atoms with van der Waals surface area (Å²) >= 11 is 0. The Morgan fingerprint density at radius 2 is 2.12 bits per heavy atom. The average Bonchev–Trinajstić information content (AvgIpc) is 2.27. The van der Waals surface area contributed by atoms with Gasteiger partial charge in [0.05, 0.1) is 7.11 Å². The zero-order valence-electron chi connectivity index (χ0n) is 9.35. The lowest BCUT2D eigenvalue weighted by molar-refractivity contribution is 0.130. The molecule has 86 valence electrons. The molecule has 2 rings (SSSR count). The van der Waals surface area contributed by atoms with Crippen LogP contribution in [0.5, 0.6) is 5.75 Å². The topological polar surface area (TPSA) is 42.9 Å². The molecule has 1 N–H and O–H groups in total. The molecule has 0 unspecified atom stereocenters. The van der Waals surface area contributed by atoms with Gasteiger partial charge < -0.3 is 14.9 Å². The summed E-state index contributed by atoms with van der Waals surface area (Å²) in [6.45, 7) is 2.52. The number of hydrogen-bond donors (Lipinski definition) is 1. The first-order valence-corrected chi connectivity index (χ1v) is 5.37. The van der Waals surface area contributed by atoms with E-state index in [1.165, 1.54) is 0 Å². The van der Waals surface area contributed by atoms with Crippen molar-refractivity contribution in [3.05, 3.63) is 29.8 Å². The van der Waals surface area contributed by atoms with Gasteiger partial charge in [-0.1, -0.05) is 17.3 Å². The van der Waals surface area contributed by atoms with E-state index in [-0.39, 0.29) is 0 Å². The minimum Gasteiger partial charge on any atom is -0.497 e. The molecule has 0 spiro atoms. The first-order valence-electron chi connectivity index (χ1n) is 5.37. The van der Waals surface area contributed by atoms with Crippen LogP contribution in [0, 0.1) is 5.92 Å². The average molecular weight is 220 g/mol. The Hall–Kier alpha value is -1.55. The quantitative estimate of drug-likeness (QED) is 0.602. The smallest absolute Gasteiger partial charge is 0.142 e. The third-order valence-corrected chi connectivity index (χ3v) is 2.55. The van der Waals surface area contributed by atoms with Gasteiger partial charge in [0, 0.05) is 25.2 Å². The lowest BCUT2D eigenvalue weighted by atomic mass is 10.1. The maximum absolute atomic E-state index is 5.20. The molecule has 0 aliphatic carbocycles. The number of oxime groups is 1. The van der Waals surface area contributed by atoms with Crippen LogP contribution in [0.25, 0.3) is 0 Å². The van der Waals surface area contributed by atoms with E-state index in [0.29, 0.717) is 12.5 Å². The van der Waals surface area contributed by atoms with Crippen molar-refractivity contribution in [2.24, 2.45) is 11.1 Å². The van der Waals surface area contributed by atoms with Gasteiger partial charge in [0.2, 0.25) is 0 Å². The van der Waals surface area contributed by atoms with Gasteiger partial charge in [0.1, 0.15) is 12.4 Å². The third-order valence-electron chi connectivity index (χ3n) is 2.55. The Morgan fingerprint density at radius 3 is 2.69 bits per heavy atom.